The number of hydrogen-bond donors (Lipinski definition) is 0. The van der Waals surface area contributed by atoms with Crippen molar-refractivity contribution >= 4 is 142 Å². The van der Waals surface area contributed by atoms with Crippen molar-refractivity contribution in [1.82, 2.24) is 0 Å². The van der Waals surface area contributed by atoms with E-state index >= 15 is 0 Å². The molecule has 0 N–H and O–H groups in total. The fraction of sp³-hybridized carbons (Fsp3) is 0.308. The molecule has 4 aromatic rings. The van der Waals surface area contributed by atoms with Gasteiger partial charge in [0, 0.05) is 59.9 Å². The minimum absolute atomic E-state index is 0.467. The fourth-order valence-electron chi connectivity index (χ4n) is 6.56. The van der Waals surface area contributed by atoms with Gasteiger partial charge in [-0.25, -0.2) is 0 Å². The maximum atomic E-state index is 6.73. The van der Waals surface area contributed by atoms with E-state index in [1.54, 1.807) is 14.2 Å². The predicted octanol–water partition coefficient (Wildman–Crippen LogP) is -0.258. The van der Waals surface area contributed by atoms with Gasteiger partial charge in [0.15, 0.2) is 0 Å². The van der Waals surface area contributed by atoms with Crippen LogP contribution in [0.25, 0.3) is 32.3 Å². The van der Waals surface area contributed by atoms with Gasteiger partial charge in [0.2, 0.25) is 0 Å². The summed E-state index contributed by atoms with van der Waals surface area (Å²) in [5, 5.41) is 6.54. The van der Waals surface area contributed by atoms with Crippen LogP contribution in [0, 0.1) is 55.4 Å². The summed E-state index contributed by atoms with van der Waals surface area (Å²) in [6, 6.07) is 0. The van der Waals surface area contributed by atoms with Gasteiger partial charge in [0.1, 0.15) is 7.85 Å². The molecule has 0 fully saturated rings. The molecule has 4 rings (SSSR count). The number of benzene rings is 4. The van der Waals surface area contributed by atoms with Crippen molar-refractivity contribution in [3.63, 3.8) is 0 Å². The van der Waals surface area contributed by atoms with Crippen molar-refractivity contribution in [1.29, 1.82) is 0 Å². The molecular weight excluding hydrogens is 442 g/mol. The Morgan fingerprint density at radius 3 is 1.47 bits per heavy atom. The van der Waals surface area contributed by atoms with Crippen LogP contribution in [0.15, 0.2) is 0 Å². The van der Waals surface area contributed by atoms with Crippen molar-refractivity contribution < 1.29 is 0 Å². The molecule has 0 spiro atoms. The van der Waals surface area contributed by atoms with E-state index in [1.807, 2.05) is 6.92 Å². The van der Waals surface area contributed by atoms with E-state index in [-0.39, 0.29) is 0 Å². The van der Waals surface area contributed by atoms with Crippen LogP contribution in [0.5, 0.6) is 0 Å². The molecule has 0 aliphatic rings. The molecule has 12 heteroatoms. The number of fused-ring (bicyclic) bond motifs is 6. The average molecular weight is 466 g/mol. The third kappa shape index (κ3) is 3.97. The lowest BCUT2D eigenvalue weighted by molar-refractivity contribution is 1.31. The van der Waals surface area contributed by atoms with Crippen LogP contribution < -0.4 is 21.9 Å². The van der Waals surface area contributed by atoms with Gasteiger partial charge in [-0.1, -0.05) is 38.5 Å². The molecular formula is C26H24B12. The molecule has 0 unspecified atom stereocenters. The first kappa shape index (κ1) is 29.4. The lowest BCUT2D eigenvalue weighted by atomic mass is 8.86. The minimum atomic E-state index is -0.703. The highest BCUT2D eigenvalue weighted by molar-refractivity contribution is 7.69. The fourth-order valence-corrected chi connectivity index (χ4v) is 6.56. The Balaban J connectivity index is 2.62. The zero-order valence-electron chi connectivity index (χ0n) is 23.9. The molecule has 0 nitrogen and oxygen atoms in total. The Labute approximate surface area is 241 Å². The summed E-state index contributed by atoms with van der Waals surface area (Å²) >= 11 is 0. The third-order valence-corrected chi connectivity index (χ3v) is 9.15. The smallest absolute Gasteiger partial charge is 0.0998 e. The van der Waals surface area contributed by atoms with E-state index in [0.717, 1.165) is 82.1 Å². The maximum absolute atomic E-state index is 6.73. The molecule has 0 saturated heterocycles. The van der Waals surface area contributed by atoms with E-state index < -0.39 is 19.4 Å². The monoisotopic (exact) mass is 468 g/mol. The van der Waals surface area contributed by atoms with Crippen molar-refractivity contribution in [2.24, 2.45) is 0 Å². The van der Waals surface area contributed by atoms with Gasteiger partial charge >= 0.3 is 0 Å². The largest absolute Gasteiger partial charge is 0.113 e. The second-order valence-corrected chi connectivity index (χ2v) is 10.9. The van der Waals surface area contributed by atoms with Gasteiger partial charge in [-0.05, 0) is 116 Å². The molecule has 0 heterocycles. The second kappa shape index (κ2) is 10.4. The first-order valence-corrected chi connectivity index (χ1v) is 13.1. The quantitative estimate of drug-likeness (QED) is 0.281. The first-order chi connectivity index (χ1) is 17.7. The summed E-state index contributed by atoms with van der Waals surface area (Å²) in [6.07, 6.45) is -0.703. The van der Waals surface area contributed by atoms with Crippen LogP contribution in [0.4, 0.5) is 0 Å². The van der Waals surface area contributed by atoms with E-state index in [2.05, 4.69) is 48.5 Å². The van der Waals surface area contributed by atoms with Crippen molar-refractivity contribution in [3.05, 3.63) is 44.5 Å². The molecule has 164 valence electrons. The maximum Gasteiger partial charge on any atom is 0.113 e. The molecule has 4 aromatic carbocycles. The number of hydrogen-bond acceptors (Lipinski definition) is 0. The summed E-state index contributed by atoms with van der Waals surface area (Å²) < 4.78 is 0. The standard InChI is InChI=1S/C26H24B12/c1-9-10(2)19-21-17(11(3)13(5)23(27)24(21)34-28)20-16(8)25(37(31)38(32)33)15(7)12(4)18(20)22(19)26(14(9)6)36(30)35-29/h1-8H3. The highest BCUT2D eigenvalue weighted by Crippen LogP contribution is 2.42. The zero-order valence-corrected chi connectivity index (χ0v) is 23.9. The van der Waals surface area contributed by atoms with Crippen LogP contribution in [0.1, 0.15) is 44.5 Å². The predicted molar refractivity (Wildman–Crippen MR) is 184 cm³/mol. The Morgan fingerprint density at radius 1 is 0.500 bits per heavy atom. The first-order valence-electron chi connectivity index (χ1n) is 13.1. The molecule has 16 radical (unpaired) electrons. The lowest BCUT2D eigenvalue weighted by Crippen LogP contribution is -2.50. The van der Waals surface area contributed by atoms with E-state index in [9.17, 15) is 0 Å². The highest BCUT2D eigenvalue weighted by atomic mass is 14.3. The van der Waals surface area contributed by atoms with Gasteiger partial charge in [-0.3, -0.25) is 0 Å². The Morgan fingerprint density at radius 2 is 0.947 bits per heavy atom. The summed E-state index contributed by atoms with van der Waals surface area (Å²) in [4.78, 5) is 0. The van der Waals surface area contributed by atoms with Crippen LogP contribution in [-0.2, 0) is 0 Å². The number of rotatable bonds is 5. The number of aryl methyl sites for hydroxylation is 4. The molecule has 0 saturated carbocycles. The van der Waals surface area contributed by atoms with Gasteiger partial charge in [0.25, 0.3) is 0 Å². The molecule has 0 aromatic heterocycles. The summed E-state index contributed by atoms with van der Waals surface area (Å²) in [5.74, 6) is 0. The van der Waals surface area contributed by atoms with Gasteiger partial charge in [-0.2, -0.15) is 0 Å². The summed E-state index contributed by atoms with van der Waals surface area (Å²) in [6.45, 7) is 15.9. The topological polar surface area (TPSA) is 0 Å². The molecule has 0 atom stereocenters. The molecule has 0 bridgehead atoms. The molecule has 0 amide bonds. The van der Waals surface area contributed by atoms with Gasteiger partial charge in [-0.15, -0.1) is 0 Å². The molecule has 38 heavy (non-hydrogen) atoms. The van der Waals surface area contributed by atoms with Crippen LogP contribution >= 0.6 is 0 Å². The Bertz CT molecular complexity index is 1640. The lowest BCUT2D eigenvalue weighted by Gasteiger charge is -2.30. The van der Waals surface area contributed by atoms with Gasteiger partial charge in [0.05, 0.1) is 20.2 Å². The Kier molecular flexibility index (Phi) is 8.09. The molecule has 0 aliphatic heterocycles. The van der Waals surface area contributed by atoms with Crippen molar-refractivity contribution in [3.8, 4) is 0 Å². The van der Waals surface area contributed by atoms with Crippen molar-refractivity contribution in [2.75, 3.05) is 0 Å². The van der Waals surface area contributed by atoms with Gasteiger partial charge < -0.3 is 0 Å². The normalized spacial score (nSPS) is 11.4. The van der Waals surface area contributed by atoms with E-state index in [4.69, 9.17) is 54.3 Å². The van der Waals surface area contributed by atoms with Crippen LogP contribution in [0.2, 0.25) is 0 Å². The van der Waals surface area contributed by atoms with E-state index in [0.29, 0.717) is 5.46 Å². The molecule has 0 aliphatic carbocycles. The second-order valence-electron chi connectivity index (χ2n) is 10.9. The average Bonchev–Trinajstić information content (AvgIpc) is 2.88. The van der Waals surface area contributed by atoms with Crippen molar-refractivity contribution in [2.45, 2.75) is 55.4 Å². The SMILES string of the molecule is [B][B]B([B])c1c(C)c(C)c(C)c2c3c([B][B])c([B])c(C)c(C)c3c3c(C)c(B([B])B([B])[B])c(C)c(C)c3c12. The highest BCUT2D eigenvalue weighted by Gasteiger charge is 2.28. The van der Waals surface area contributed by atoms with Crippen LogP contribution in [0.3, 0.4) is 0 Å². The van der Waals surface area contributed by atoms with Crippen LogP contribution in [-0.4, -0.2) is 87.9 Å². The van der Waals surface area contributed by atoms with E-state index in [1.165, 1.54) is 11.1 Å². The summed E-state index contributed by atoms with van der Waals surface area (Å²) in [7, 11) is 48.0. The minimum Gasteiger partial charge on any atom is -0.0998 e. The zero-order chi connectivity index (χ0) is 28.5. The third-order valence-electron chi connectivity index (χ3n) is 9.15. The summed E-state index contributed by atoms with van der Waals surface area (Å²) in [5.41, 5.74) is 12.3. The Hall–Kier alpha value is -1.56.